The van der Waals surface area contributed by atoms with Gasteiger partial charge < -0.3 is 10.2 Å². The molecule has 1 heterocycles. The fourth-order valence-electron chi connectivity index (χ4n) is 2.28. The fourth-order valence-corrected chi connectivity index (χ4v) is 2.28. The molecule has 0 bridgehead atoms. The van der Waals surface area contributed by atoms with Gasteiger partial charge in [-0.3, -0.25) is 4.79 Å². The van der Waals surface area contributed by atoms with Gasteiger partial charge in [0.2, 0.25) is 5.91 Å². The van der Waals surface area contributed by atoms with Gasteiger partial charge in [-0.25, -0.2) is 0 Å². The SMILES string of the molecule is Cc1ccc(CNC(C)C(=O)N2CCCC2)cc1. The summed E-state index contributed by atoms with van der Waals surface area (Å²) in [6, 6.07) is 8.32. The van der Waals surface area contributed by atoms with E-state index in [-0.39, 0.29) is 11.9 Å². The first-order chi connectivity index (χ1) is 8.66. The molecular weight excluding hydrogens is 224 g/mol. The largest absolute Gasteiger partial charge is 0.341 e. The number of benzene rings is 1. The van der Waals surface area contributed by atoms with Gasteiger partial charge >= 0.3 is 0 Å². The van der Waals surface area contributed by atoms with Gasteiger partial charge in [0, 0.05) is 19.6 Å². The van der Waals surface area contributed by atoms with Crippen molar-refractivity contribution in [3.8, 4) is 0 Å². The third kappa shape index (κ3) is 3.33. The Hall–Kier alpha value is -1.35. The monoisotopic (exact) mass is 246 g/mol. The smallest absolute Gasteiger partial charge is 0.239 e. The van der Waals surface area contributed by atoms with Gasteiger partial charge in [-0.1, -0.05) is 29.8 Å². The van der Waals surface area contributed by atoms with Crippen LogP contribution in [0.5, 0.6) is 0 Å². The molecule has 1 amide bonds. The first-order valence-corrected chi connectivity index (χ1v) is 6.74. The Labute approximate surface area is 109 Å². The Morgan fingerprint density at radius 2 is 1.89 bits per heavy atom. The molecule has 98 valence electrons. The molecule has 0 radical (unpaired) electrons. The lowest BCUT2D eigenvalue weighted by Crippen LogP contribution is -2.43. The highest BCUT2D eigenvalue weighted by molar-refractivity contribution is 5.81. The molecule has 2 rings (SSSR count). The van der Waals surface area contributed by atoms with E-state index in [1.165, 1.54) is 11.1 Å². The maximum Gasteiger partial charge on any atom is 0.239 e. The summed E-state index contributed by atoms with van der Waals surface area (Å²) < 4.78 is 0. The average molecular weight is 246 g/mol. The van der Waals surface area contributed by atoms with E-state index in [2.05, 4.69) is 36.5 Å². The zero-order chi connectivity index (χ0) is 13.0. The van der Waals surface area contributed by atoms with Gasteiger partial charge in [0.1, 0.15) is 0 Å². The van der Waals surface area contributed by atoms with Crippen molar-refractivity contribution in [3.63, 3.8) is 0 Å². The normalized spacial score (nSPS) is 16.9. The summed E-state index contributed by atoms with van der Waals surface area (Å²) >= 11 is 0. The molecule has 3 heteroatoms. The van der Waals surface area contributed by atoms with E-state index in [0.29, 0.717) is 0 Å². The number of nitrogens with one attached hydrogen (secondary N) is 1. The van der Waals surface area contributed by atoms with Crippen molar-refractivity contribution in [2.75, 3.05) is 13.1 Å². The lowest BCUT2D eigenvalue weighted by Gasteiger charge is -2.21. The van der Waals surface area contributed by atoms with E-state index in [4.69, 9.17) is 0 Å². The molecule has 1 unspecified atom stereocenters. The molecule has 0 aliphatic carbocycles. The van der Waals surface area contributed by atoms with Crippen molar-refractivity contribution in [2.24, 2.45) is 0 Å². The minimum absolute atomic E-state index is 0.0931. The van der Waals surface area contributed by atoms with Crippen LogP contribution in [-0.4, -0.2) is 29.9 Å². The third-order valence-corrected chi connectivity index (χ3v) is 3.52. The van der Waals surface area contributed by atoms with Crippen LogP contribution in [0.1, 0.15) is 30.9 Å². The topological polar surface area (TPSA) is 32.3 Å². The van der Waals surface area contributed by atoms with Crippen LogP contribution in [0.4, 0.5) is 0 Å². The lowest BCUT2D eigenvalue weighted by atomic mass is 10.1. The van der Waals surface area contributed by atoms with Crippen molar-refractivity contribution in [2.45, 2.75) is 39.3 Å². The predicted octanol–water partition coefficient (Wildman–Crippen LogP) is 2.10. The molecule has 1 aromatic rings. The highest BCUT2D eigenvalue weighted by Gasteiger charge is 2.22. The summed E-state index contributed by atoms with van der Waals surface area (Å²) in [5.41, 5.74) is 2.49. The third-order valence-electron chi connectivity index (χ3n) is 3.52. The van der Waals surface area contributed by atoms with Crippen LogP contribution in [0.2, 0.25) is 0 Å². The Kier molecular flexibility index (Phi) is 4.37. The molecule has 1 aromatic carbocycles. The molecule has 1 N–H and O–H groups in total. The summed E-state index contributed by atoms with van der Waals surface area (Å²) in [6.45, 7) is 6.64. The molecule has 1 fully saturated rings. The van der Waals surface area contributed by atoms with Crippen LogP contribution in [-0.2, 0) is 11.3 Å². The standard InChI is InChI=1S/C15H22N2O/c1-12-5-7-14(8-6-12)11-16-13(2)15(18)17-9-3-4-10-17/h5-8,13,16H,3-4,9-11H2,1-2H3. The van der Waals surface area contributed by atoms with Gasteiger partial charge in [0.15, 0.2) is 0 Å². The van der Waals surface area contributed by atoms with Crippen LogP contribution in [0, 0.1) is 6.92 Å². The second-order valence-corrected chi connectivity index (χ2v) is 5.12. The quantitative estimate of drug-likeness (QED) is 0.882. The zero-order valence-electron chi connectivity index (χ0n) is 11.3. The van der Waals surface area contributed by atoms with Gasteiger partial charge in [-0.2, -0.15) is 0 Å². The maximum atomic E-state index is 12.1. The van der Waals surface area contributed by atoms with Gasteiger partial charge in [-0.05, 0) is 32.3 Å². The minimum Gasteiger partial charge on any atom is -0.341 e. The molecular formula is C15H22N2O. The Morgan fingerprint density at radius 1 is 1.28 bits per heavy atom. The van der Waals surface area contributed by atoms with E-state index in [9.17, 15) is 4.79 Å². The number of hydrogen-bond acceptors (Lipinski definition) is 2. The molecule has 1 atom stereocenters. The van der Waals surface area contributed by atoms with Crippen LogP contribution in [0.15, 0.2) is 24.3 Å². The Morgan fingerprint density at radius 3 is 2.50 bits per heavy atom. The summed E-state index contributed by atoms with van der Waals surface area (Å²) in [5, 5.41) is 3.30. The summed E-state index contributed by atoms with van der Waals surface area (Å²) in [6.07, 6.45) is 2.30. The van der Waals surface area contributed by atoms with Crippen molar-refractivity contribution in [1.29, 1.82) is 0 Å². The summed E-state index contributed by atoms with van der Waals surface area (Å²) in [5.74, 6) is 0.236. The zero-order valence-corrected chi connectivity index (χ0v) is 11.3. The molecule has 0 saturated carbocycles. The van der Waals surface area contributed by atoms with Crippen molar-refractivity contribution < 1.29 is 4.79 Å². The predicted molar refractivity (Wildman–Crippen MR) is 73.3 cm³/mol. The Bertz CT molecular complexity index is 393. The highest BCUT2D eigenvalue weighted by atomic mass is 16.2. The molecule has 18 heavy (non-hydrogen) atoms. The van der Waals surface area contributed by atoms with Gasteiger partial charge in [-0.15, -0.1) is 0 Å². The number of carbonyl (C=O) groups is 1. The van der Waals surface area contributed by atoms with Gasteiger partial charge in [0.25, 0.3) is 0 Å². The van der Waals surface area contributed by atoms with Crippen molar-refractivity contribution in [3.05, 3.63) is 35.4 Å². The highest BCUT2D eigenvalue weighted by Crippen LogP contribution is 2.09. The van der Waals surface area contributed by atoms with Crippen LogP contribution in [0.3, 0.4) is 0 Å². The number of nitrogens with zero attached hydrogens (tertiary/aromatic N) is 1. The first-order valence-electron chi connectivity index (χ1n) is 6.74. The fraction of sp³-hybridized carbons (Fsp3) is 0.533. The number of likely N-dealkylation sites (tertiary alicyclic amines) is 1. The van der Waals surface area contributed by atoms with Gasteiger partial charge in [0.05, 0.1) is 6.04 Å². The van der Waals surface area contributed by atoms with Crippen LogP contribution in [0.25, 0.3) is 0 Å². The Balaban J connectivity index is 1.82. The van der Waals surface area contributed by atoms with E-state index >= 15 is 0 Å². The molecule has 1 saturated heterocycles. The number of aryl methyl sites for hydroxylation is 1. The van der Waals surface area contributed by atoms with Crippen LogP contribution >= 0.6 is 0 Å². The first kappa shape index (κ1) is 13.1. The van der Waals surface area contributed by atoms with E-state index in [1.807, 2.05) is 11.8 Å². The summed E-state index contributed by atoms with van der Waals surface area (Å²) in [4.78, 5) is 14.0. The summed E-state index contributed by atoms with van der Waals surface area (Å²) in [7, 11) is 0. The van der Waals surface area contributed by atoms with Crippen molar-refractivity contribution >= 4 is 5.91 Å². The van der Waals surface area contributed by atoms with Crippen molar-refractivity contribution in [1.82, 2.24) is 10.2 Å². The molecule has 1 aliphatic heterocycles. The molecule has 0 spiro atoms. The van der Waals surface area contributed by atoms with E-state index in [1.54, 1.807) is 0 Å². The average Bonchev–Trinajstić information content (AvgIpc) is 2.90. The molecule has 1 aliphatic rings. The lowest BCUT2D eigenvalue weighted by molar-refractivity contribution is -0.131. The number of rotatable bonds is 4. The van der Waals surface area contributed by atoms with Crippen LogP contribution < -0.4 is 5.32 Å². The van der Waals surface area contributed by atoms with E-state index in [0.717, 1.165) is 32.5 Å². The minimum atomic E-state index is -0.0931. The molecule has 0 aromatic heterocycles. The maximum absolute atomic E-state index is 12.1. The molecule has 3 nitrogen and oxygen atoms in total. The number of hydrogen-bond donors (Lipinski definition) is 1. The second kappa shape index (κ2) is 6.01. The number of carbonyl (C=O) groups excluding carboxylic acids is 1. The van der Waals surface area contributed by atoms with E-state index < -0.39 is 0 Å². The second-order valence-electron chi connectivity index (χ2n) is 5.12. The number of amides is 1.